The van der Waals surface area contributed by atoms with E-state index in [1.54, 1.807) is 24.3 Å². The summed E-state index contributed by atoms with van der Waals surface area (Å²) in [6.07, 6.45) is 0.904. The Morgan fingerprint density at radius 2 is 1.66 bits per heavy atom. The molecule has 0 aromatic heterocycles. The summed E-state index contributed by atoms with van der Waals surface area (Å²) in [6.45, 7) is 7.74. The van der Waals surface area contributed by atoms with Gasteiger partial charge in [-0.1, -0.05) is 35.0 Å². The van der Waals surface area contributed by atoms with Gasteiger partial charge in [-0.3, -0.25) is 9.59 Å². The Morgan fingerprint density at radius 3 is 2.21 bits per heavy atom. The molecule has 0 heterocycles. The van der Waals surface area contributed by atoms with Gasteiger partial charge in [-0.25, -0.2) is 0 Å². The van der Waals surface area contributed by atoms with E-state index in [0.29, 0.717) is 11.3 Å². The lowest BCUT2D eigenvalue weighted by molar-refractivity contribution is -0.154. The lowest BCUT2D eigenvalue weighted by atomic mass is 10.1. The number of hydrogen-bond acceptors (Lipinski definition) is 4. The predicted molar refractivity (Wildman–Crippen MR) is 117 cm³/mol. The number of ether oxygens (including phenoxy) is 2. The molecule has 156 valence electrons. The van der Waals surface area contributed by atoms with Crippen molar-refractivity contribution in [1.29, 1.82) is 0 Å². The lowest BCUT2D eigenvalue weighted by Crippen LogP contribution is -2.29. The number of hydrogen-bond donors (Lipinski definition) is 1. The number of halogens is 1. The molecular formula is C23H28BrNO4. The highest BCUT2D eigenvalue weighted by Gasteiger charge is 2.16. The Morgan fingerprint density at radius 1 is 1.03 bits per heavy atom. The molecule has 0 aliphatic rings. The summed E-state index contributed by atoms with van der Waals surface area (Å²) in [5, 5.41) is 2.73. The molecule has 0 saturated carbocycles. The van der Waals surface area contributed by atoms with Crippen molar-refractivity contribution in [2.45, 2.75) is 52.2 Å². The zero-order valence-corrected chi connectivity index (χ0v) is 18.9. The zero-order chi connectivity index (χ0) is 21.4. The second kappa shape index (κ2) is 10.4. The molecule has 0 aliphatic carbocycles. The maximum atomic E-state index is 12.2. The smallest absolute Gasteiger partial charge is 0.308 e. The van der Waals surface area contributed by atoms with Crippen LogP contribution in [-0.4, -0.2) is 24.0 Å². The van der Waals surface area contributed by atoms with Gasteiger partial charge in [0.25, 0.3) is 5.91 Å². The molecule has 0 unspecified atom stereocenters. The van der Waals surface area contributed by atoms with Crippen molar-refractivity contribution in [2.75, 3.05) is 6.54 Å². The Hall–Kier alpha value is -2.34. The van der Waals surface area contributed by atoms with E-state index in [0.717, 1.165) is 16.5 Å². The Bertz CT molecular complexity index is 810. The second-order valence-corrected chi connectivity index (χ2v) is 8.60. The summed E-state index contributed by atoms with van der Waals surface area (Å²) in [6, 6.07) is 15.0. The number of esters is 1. The fraction of sp³-hybridized carbons (Fsp3) is 0.391. The predicted octanol–water partition coefficient (Wildman–Crippen LogP) is 5.44. The first-order valence-electron chi connectivity index (χ1n) is 9.70. The average molecular weight is 462 g/mol. The van der Waals surface area contributed by atoms with Crippen LogP contribution in [0.4, 0.5) is 0 Å². The average Bonchev–Trinajstić information content (AvgIpc) is 2.66. The molecule has 0 radical (unpaired) electrons. The van der Waals surface area contributed by atoms with Gasteiger partial charge in [0.05, 0.1) is 6.42 Å². The fourth-order valence-corrected chi connectivity index (χ4v) is 2.95. The monoisotopic (exact) mass is 461 g/mol. The molecule has 2 aromatic carbocycles. The van der Waals surface area contributed by atoms with Crippen molar-refractivity contribution < 1.29 is 19.1 Å². The van der Waals surface area contributed by atoms with Gasteiger partial charge >= 0.3 is 5.97 Å². The molecular weight excluding hydrogens is 434 g/mol. The molecule has 1 amide bonds. The zero-order valence-electron chi connectivity index (χ0n) is 17.3. The van der Waals surface area contributed by atoms with Crippen molar-refractivity contribution in [3.8, 4) is 5.75 Å². The van der Waals surface area contributed by atoms with Crippen LogP contribution in [0.1, 0.15) is 62.6 Å². The van der Waals surface area contributed by atoms with Crippen LogP contribution in [-0.2, 0) is 9.53 Å². The molecule has 1 N–H and O–H groups in total. The van der Waals surface area contributed by atoms with Crippen LogP contribution >= 0.6 is 15.9 Å². The number of nitrogens with one attached hydrogen (secondary N) is 1. The first-order valence-corrected chi connectivity index (χ1v) is 10.5. The van der Waals surface area contributed by atoms with Crippen molar-refractivity contribution in [1.82, 2.24) is 5.32 Å². The summed E-state index contributed by atoms with van der Waals surface area (Å²) in [5.74, 6) is 0.130. The van der Waals surface area contributed by atoms with Gasteiger partial charge in [0.1, 0.15) is 17.5 Å². The summed E-state index contributed by atoms with van der Waals surface area (Å²) < 4.78 is 12.3. The van der Waals surface area contributed by atoms with Crippen molar-refractivity contribution in [3.63, 3.8) is 0 Å². The molecule has 0 spiro atoms. The molecule has 29 heavy (non-hydrogen) atoms. The minimum absolute atomic E-state index is 0.0587. The largest absolute Gasteiger partial charge is 0.486 e. The normalized spacial score (nSPS) is 12.2. The van der Waals surface area contributed by atoms with E-state index in [1.807, 2.05) is 45.0 Å². The van der Waals surface area contributed by atoms with E-state index in [1.165, 1.54) is 0 Å². The van der Waals surface area contributed by atoms with E-state index in [-0.39, 0.29) is 30.9 Å². The maximum Gasteiger partial charge on any atom is 0.308 e. The molecule has 0 fully saturated rings. The number of benzene rings is 2. The molecule has 0 saturated heterocycles. The van der Waals surface area contributed by atoms with Gasteiger partial charge in [0, 0.05) is 16.6 Å². The first kappa shape index (κ1) is 22.9. The third kappa shape index (κ3) is 7.89. The molecule has 0 bridgehead atoms. The number of carbonyl (C=O) groups excluding carboxylic acids is 2. The summed E-state index contributed by atoms with van der Waals surface area (Å²) in [4.78, 5) is 23.9. The molecule has 0 aliphatic heterocycles. The minimum Gasteiger partial charge on any atom is -0.486 e. The van der Waals surface area contributed by atoms with E-state index in [4.69, 9.17) is 9.47 Å². The first-order chi connectivity index (χ1) is 13.7. The Labute approximate surface area is 180 Å². The van der Waals surface area contributed by atoms with Crippen LogP contribution in [0, 0.1) is 0 Å². The molecule has 6 heteroatoms. The highest BCUT2D eigenvalue weighted by Crippen LogP contribution is 2.26. The topological polar surface area (TPSA) is 64.6 Å². The van der Waals surface area contributed by atoms with Gasteiger partial charge in [-0.2, -0.15) is 0 Å². The quantitative estimate of drug-likeness (QED) is 0.531. The van der Waals surface area contributed by atoms with E-state index < -0.39 is 5.60 Å². The third-order valence-electron chi connectivity index (χ3n) is 4.04. The SMILES string of the molecule is CC[C@@H](Oc1ccc(C(=O)NCCC(=O)OC(C)(C)C)cc1)c1ccc(Br)cc1. The molecule has 5 nitrogen and oxygen atoms in total. The van der Waals surface area contributed by atoms with Gasteiger partial charge in [-0.05, 0) is 69.2 Å². The summed E-state index contributed by atoms with van der Waals surface area (Å²) in [7, 11) is 0. The van der Waals surface area contributed by atoms with Gasteiger partial charge in [0.15, 0.2) is 0 Å². The van der Waals surface area contributed by atoms with Crippen molar-refractivity contribution >= 4 is 27.8 Å². The van der Waals surface area contributed by atoms with Gasteiger partial charge < -0.3 is 14.8 Å². The van der Waals surface area contributed by atoms with Crippen LogP contribution < -0.4 is 10.1 Å². The van der Waals surface area contributed by atoms with E-state index in [9.17, 15) is 9.59 Å². The van der Waals surface area contributed by atoms with Crippen LogP contribution in [0.2, 0.25) is 0 Å². The number of carbonyl (C=O) groups is 2. The second-order valence-electron chi connectivity index (χ2n) is 7.68. The van der Waals surface area contributed by atoms with Gasteiger partial charge in [0.2, 0.25) is 0 Å². The standard InChI is InChI=1S/C23H28BrNO4/c1-5-20(16-6-10-18(24)11-7-16)28-19-12-8-17(9-13-19)22(27)25-15-14-21(26)29-23(2,3)4/h6-13,20H,5,14-15H2,1-4H3,(H,25,27)/t20-/m1/s1. The number of rotatable bonds is 8. The summed E-state index contributed by atoms with van der Waals surface area (Å²) >= 11 is 3.44. The lowest BCUT2D eigenvalue weighted by Gasteiger charge is -2.19. The highest BCUT2D eigenvalue weighted by molar-refractivity contribution is 9.10. The van der Waals surface area contributed by atoms with Crippen LogP contribution in [0.15, 0.2) is 53.0 Å². The minimum atomic E-state index is -0.524. The Balaban J connectivity index is 1.87. The van der Waals surface area contributed by atoms with Crippen molar-refractivity contribution in [2.24, 2.45) is 0 Å². The van der Waals surface area contributed by atoms with E-state index >= 15 is 0 Å². The molecule has 2 aromatic rings. The fourth-order valence-electron chi connectivity index (χ4n) is 2.69. The summed E-state index contributed by atoms with van der Waals surface area (Å²) in [5.41, 5.74) is 1.08. The maximum absolute atomic E-state index is 12.2. The van der Waals surface area contributed by atoms with Gasteiger partial charge in [-0.15, -0.1) is 0 Å². The Kier molecular flexibility index (Phi) is 8.26. The highest BCUT2D eigenvalue weighted by atomic mass is 79.9. The number of amides is 1. The molecule has 1 atom stereocenters. The van der Waals surface area contributed by atoms with Crippen LogP contribution in [0.5, 0.6) is 5.75 Å². The van der Waals surface area contributed by atoms with E-state index in [2.05, 4.69) is 28.2 Å². The third-order valence-corrected chi connectivity index (χ3v) is 4.57. The molecule has 2 rings (SSSR count). The van der Waals surface area contributed by atoms with Crippen molar-refractivity contribution in [3.05, 3.63) is 64.1 Å². The van der Waals surface area contributed by atoms with Crippen LogP contribution in [0.25, 0.3) is 0 Å². The van der Waals surface area contributed by atoms with Crippen LogP contribution in [0.3, 0.4) is 0 Å².